The maximum Gasteiger partial charge on any atom is 0.158 e. The van der Waals surface area contributed by atoms with Crippen LogP contribution in [0.1, 0.15) is 38.1 Å². The highest BCUT2D eigenvalue weighted by Gasteiger charge is 1.97. The number of hydrogen-bond donors (Lipinski definition) is 3. The Morgan fingerprint density at radius 3 is 1.75 bits per heavy atom. The first kappa shape index (κ1) is 19.9. The molecule has 0 aliphatic carbocycles. The summed E-state index contributed by atoms with van der Waals surface area (Å²) in [6, 6.07) is 3.88. The molecular weight excluding hydrogens is 206 g/mol. The van der Waals surface area contributed by atoms with Gasteiger partial charge in [0.05, 0.1) is 0 Å². The van der Waals surface area contributed by atoms with Crippen molar-refractivity contribution < 1.29 is 15.0 Å². The predicted octanol–water partition coefficient (Wildman–Crippen LogP) is 2.54. The van der Waals surface area contributed by atoms with Crippen molar-refractivity contribution in [3.8, 4) is 11.5 Å². The highest BCUT2D eigenvalue weighted by atomic mass is 16.3. The lowest BCUT2D eigenvalue weighted by Crippen LogP contribution is -1.77. The molecule has 94 valence electrons. The summed E-state index contributed by atoms with van der Waals surface area (Å²) in [5.74, 6) is -0.491. The molecule has 0 saturated carbocycles. The van der Waals surface area contributed by atoms with Gasteiger partial charge in [-0.25, -0.2) is 0 Å². The van der Waals surface area contributed by atoms with E-state index in [-0.39, 0.29) is 11.5 Å². The van der Waals surface area contributed by atoms with Gasteiger partial charge < -0.3 is 15.9 Å². The lowest BCUT2D eigenvalue weighted by molar-refractivity contribution is 0.112. The highest BCUT2D eigenvalue weighted by Crippen LogP contribution is 2.23. The molecule has 1 aromatic carbocycles. The van der Waals surface area contributed by atoms with Crippen molar-refractivity contribution in [3.63, 3.8) is 0 Å². The van der Waals surface area contributed by atoms with Gasteiger partial charge in [0.1, 0.15) is 6.29 Å². The summed E-state index contributed by atoms with van der Waals surface area (Å²) in [4.78, 5) is 10.1. The fraction of sp³-hybridized carbons (Fsp3) is 0.417. The fourth-order valence-electron chi connectivity index (χ4n) is 0.614. The molecule has 0 aliphatic rings. The number of nitrogens with two attached hydrogens (primary N) is 1. The Morgan fingerprint density at radius 1 is 1.00 bits per heavy atom. The summed E-state index contributed by atoms with van der Waals surface area (Å²) in [6.07, 6.45) is 0.596. The molecule has 0 bridgehead atoms. The number of carbonyl (C=O) groups is 1. The van der Waals surface area contributed by atoms with Crippen molar-refractivity contribution in [1.29, 1.82) is 0 Å². The molecule has 0 aliphatic heterocycles. The first-order valence-electron chi connectivity index (χ1n) is 5.29. The average molecular weight is 229 g/mol. The number of aldehydes is 1. The second-order valence-corrected chi connectivity index (χ2v) is 1.87. The van der Waals surface area contributed by atoms with Crippen LogP contribution >= 0.6 is 0 Å². The van der Waals surface area contributed by atoms with Crippen molar-refractivity contribution >= 4 is 6.29 Å². The number of hydrogen-bond acceptors (Lipinski definition) is 4. The average Bonchev–Trinajstić information content (AvgIpc) is 2.40. The zero-order valence-electron chi connectivity index (χ0n) is 10.7. The van der Waals surface area contributed by atoms with Crippen molar-refractivity contribution in [3.05, 3.63) is 23.8 Å². The van der Waals surface area contributed by atoms with E-state index in [0.717, 1.165) is 0 Å². The van der Waals surface area contributed by atoms with Crippen molar-refractivity contribution in [2.24, 2.45) is 5.73 Å². The first-order chi connectivity index (χ1) is 7.74. The largest absolute Gasteiger partial charge is 0.504 e. The SMILES string of the molecule is CC.CC.CN.O=Cc1ccc(O)c(O)c1. The van der Waals surface area contributed by atoms with Gasteiger partial charge in [0.2, 0.25) is 0 Å². The van der Waals surface area contributed by atoms with Gasteiger partial charge in [0, 0.05) is 5.56 Å². The van der Waals surface area contributed by atoms with Crippen molar-refractivity contribution in [2.75, 3.05) is 7.05 Å². The fourth-order valence-corrected chi connectivity index (χ4v) is 0.614. The molecule has 0 spiro atoms. The topological polar surface area (TPSA) is 83.6 Å². The van der Waals surface area contributed by atoms with Gasteiger partial charge in [-0.1, -0.05) is 27.7 Å². The van der Waals surface area contributed by atoms with E-state index >= 15 is 0 Å². The van der Waals surface area contributed by atoms with Crippen LogP contribution in [-0.2, 0) is 0 Å². The Labute approximate surface area is 97.7 Å². The molecule has 0 heterocycles. The van der Waals surface area contributed by atoms with Crippen molar-refractivity contribution in [1.82, 2.24) is 0 Å². The smallest absolute Gasteiger partial charge is 0.158 e. The lowest BCUT2D eigenvalue weighted by Gasteiger charge is -1.95. The van der Waals surface area contributed by atoms with Gasteiger partial charge in [0.15, 0.2) is 11.5 Å². The molecule has 4 N–H and O–H groups in total. The minimum atomic E-state index is -0.274. The predicted molar refractivity (Wildman–Crippen MR) is 68.0 cm³/mol. The van der Waals surface area contributed by atoms with Crippen LogP contribution in [0.15, 0.2) is 18.2 Å². The molecule has 1 rings (SSSR count). The summed E-state index contributed by atoms with van der Waals surface area (Å²) in [7, 11) is 1.50. The number of phenols is 2. The second-order valence-electron chi connectivity index (χ2n) is 1.87. The van der Waals surface area contributed by atoms with E-state index in [9.17, 15) is 4.79 Å². The van der Waals surface area contributed by atoms with Gasteiger partial charge in [-0.05, 0) is 25.2 Å². The minimum Gasteiger partial charge on any atom is -0.504 e. The summed E-state index contributed by atoms with van der Waals surface area (Å²) in [5, 5.41) is 17.6. The molecule has 16 heavy (non-hydrogen) atoms. The van der Waals surface area contributed by atoms with Crippen LogP contribution < -0.4 is 5.73 Å². The zero-order valence-corrected chi connectivity index (χ0v) is 10.7. The molecule has 0 saturated heterocycles. The summed E-state index contributed by atoms with van der Waals surface area (Å²) < 4.78 is 0. The van der Waals surface area contributed by atoms with E-state index in [1.54, 1.807) is 0 Å². The molecule has 0 amide bonds. The summed E-state index contributed by atoms with van der Waals surface area (Å²) in [6.45, 7) is 8.00. The monoisotopic (exact) mass is 229 g/mol. The van der Waals surface area contributed by atoms with Gasteiger partial charge in [-0.15, -0.1) is 0 Å². The summed E-state index contributed by atoms with van der Waals surface area (Å²) >= 11 is 0. The van der Waals surface area contributed by atoms with Crippen LogP contribution in [-0.4, -0.2) is 23.5 Å². The Kier molecular flexibility index (Phi) is 19.8. The normalized spacial score (nSPS) is 6.88. The molecule has 4 nitrogen and oxygen atoms in total. The van der Waals surface area contributed by atoms with E-state index in [1.165, 1.54) is 25.2 Å². The molecule has 0 unspecified atom stereocenters. The first-order valence-corrected chi connectivity index (χ1v) is 5.29. The minimum absolute atomic E-state index is 0.217. The van der Waals surface area contributed by atoms with Crippen LogP contribution in [0.2, 0.25) is 0 Å². The quantitative estimate of drug-likeness (QED) is 0.510. The zero-order chi connectivity index (χ0) is 13.6. The van der Waals surface area contributed by atoms with Crippen LogP contribution in [0.3, 0.4) is 0 Å². The number of phenolic OH excluding ortho intramolecular Hbond substituents is 2. The van der Waals surface area contributed by atoms with Gasteiger partial charge in [-0.3, -0.25) is 4.79 Å². The van der Waals surface area contributed by atoms with Crippen LogP contribution in [0, 0.1) is 0 Å². The Hall–Kier alpha value is -1.55. The van der Waals surface area contributed by atoms with E-state index in [4.69, 9.17) is 10.2 Å². The molecule has 0 radical (unpaired) electrons. The van der Waals surface area contributed by atoms with Gasteiger partial charge in [-0.2, -0.15) is 0 Å². The Balaban J connectivity index is -0.000000245. The van der Waals surface area contributed by atoms with Crippen LogP contribution in [0.25, 0.3) is 0 Å². The molecule has 0 fully saturated rings. The third-order valence-electron chi connectivity index (χ3n) is 1.14. The third kappa shape index (κ3) is 9.02. The van der Waals surface area contributed by atoms with E-state index < -0.39 is 0 Å². The van der Waals surface area contributed by atoms with E-state index in [2.05, 4.69) is 5.73 Å². The number of carbonyl (C=O) groups excluding carboxylic acids is 1. The molecule has 0 atom stereocenters. The van der Waals surface area contributed by atoms with Gasteiger partial charge in [0.25, 0.3) is 0 Å². The maximum absolute atomic E-state index is 10.1. The van der Waals surface area contributed by atoms with E-state index in [0.29, 0.717) is 11.8 Å². The standard InChI is InChI=1S/C7H6O3.2C2H6.CH5N/c8-4-5-1-2-6(9)7(10)3-5;3*1-2/h1-4,9-10H;2*1-2H3;2H2,1H3. The molecule has 0 aromatic heterocycles. The Bertz CT molecular complexity index is 262. The maximum atomic E-state index is 10.1. The van der Waals surface area contributed by atoms with Gasteiger partial charge >= 0.3 is 0 Å². The van der Waals surface area contributed by atoms with E-state index in [1.807, 2.05) is 27.7 Å². The Morgan fingerprint density at radius 2 is 1.44 bits per heavy atom. The second kappa shape index (κ2) is 15.9. The molecular formula is C12H23NO3. The molecule has 1 aromatic rings. The number of benzene rings is 1. The number of aromatic hydroxyl groups is 2. The van der Waals surface area contributed by atoms with Crippen LogP contribution in [0.4, 0.5) is 0 Å². The highest BCUT2D eigenvalue weighted by molar-refractivity contribution is 5.76. The van der Waals surface area contributed by atoms with Crippen molar-refractivity contribution in [2.45, 2.75) is 27.7 Å². The lowest BCUT2D eigenvalue weighted by atomic mass is 10.2. The number of rotatable bonds is 1. The third-order valence-corrected chi connectivity index (χ3v) is 1.14. The molecule has 4 heteroatoms. The summed E-state index contributed by atoms with van der Waals surface area (Å²) in [5.41, 5.74) is 4.84. The van der Waals surface area contributed by atoms with Crippen LogP contribution in [0.5, 0.6) is 11.5 Å².